The van der Waals surface area contributed by atoms with Crippen LogP contribution >= 0.6 is 0 Å². The molecule has 0 saturated carbocycles. The van der Waals surface area contributed by atoms with Gasteiger partial charge in [0.2, 0.25) is 0 Å². The highest BCUT2D eigenvalue weighted by Crippen LogP contribution is 2.01. The van der Waals surface area contributed by atoms with Crippen molar-refractivity contribution < 1.29 is 0 Å². The molecule has 47 valence electrons. The van der Waals surface area contributed by atoms with Crippen LogP contribution in [-0.2, 0) is 0 Å². The summed E-state index contributed by atoms with van der Waals surface area (Å²) in [5, 5.41) is 0. The summed E-state index contributed by atoms with van der Waals surface area (Å²) in [5.41, 5.74) is 0. The molecular formula is C8H10N. The van der Waals surface area contributed by atoms with Crippen molar-refractivity contribution in [2.24, 2.45) is 0 Å². The van der Waals surface area contributed by atoms with Crippen LogP contribution in [-0.4, -0.2) is 11.4 Å². The molecule has 1 radical (unpaired) electrons. The second-order valence-electron chi connectivity index (χ2n) is 1.86. The molecule has 1 heteroatoms. The van der Waals surface area contributed by atoms with Crippen LogP contribution in [0.25, 0.3) is 0 Å². The van der Waals surface area contributed by atoms with E-state index in [9.17, 15) is 0 Å². The molecule has 9 heavy (non-hydrogen) atoms. The topological polar surface area (TPSA) is 3.24 Å². The maximum Gasteiger partial charge on any atom is 0.0714 e. The zero-order valence-electron chi connectivity index (χ0n) is 5.33. The van der Waals surface area contributed by atoms with E-state index in [1.165, 1.54) is 0 Å². The quantitative estimate of drug-likeness (QED) is 0.501. The molecule has 0 fully saturated rings. The van der Waals surface area contributed by atoms with Crippen LogP contribution in [0.5, 0.6) is 0 Å². The average Bonchev–Trinajstić information content (AvgIpc) is 1.91. The van der Waals surface area contributed by atoms with E-state index in [0.717, 1.165) is 6.54 Å². The number of rotatable bonds is 2. The third kappa shape index (κ3) is 1.76. The summed E-state index contributed by atoms with van der Waals surface area (Å²) in [7, 11) is 0. The van der Waals surface area contributed by atoms with Crippen molar-refractivity contribution in [3.05, 3.63) is 43.6 Å². The molecule has 0 aromatic rings. The molecule has 1 rings (SSSR count). The number of allylic oxidation sites excluding steroid dienone is 2. The zero-order valence-corrected chi connectivity index (χ0v) is 5.33. The van der Waals surface area contributed by atoms with Crippen LogP contribution < -0.4 is 0 Å². The van der Waals surface area contributed by atoms with Gasteiger partial charge in [-0.25, -0.2) is 0 Å². The van der Waals surface area contributed by atoms with Gasteiger partial charge >= 0.3 is 0 Å². The van der Waals surface area contributed by atoms with Gasteiger partial charge in [-0.15, -0.1) is 6.58 Å². The fourth-order valence-corrected chi connectivity index (χ4v) is 0.705. The maximum absolute atomic E-state index is 3.64. The first-order valence-corrected chi connectivity index (χ1v) is 2.98. The summed E-state index contributed by atoms with van der Waals surface area (Å²) < 4.78 is 0. The fourth-order valence-electron chi connectivity index (χ4n) is 0.705. The normalized spacial score (nSPS) is 16.2. The summed E-state index contributed by atoms with van der Waals surface area (Å²) in [5.74, 6) is 0. The van der Waals surface area contributed by atoms with Crippen LogP contribution in [0.2, 0.25) is 0 Å². The Morgan fingerprint density at radius 3 is 2.78 bits per heavy atom. The van der Waals surface area contributed by atoms with Crippen LogP contribution in [0.1, 0.15) is 0 Å². The Morgan fingerprint density at radius 2 is 2.22 bits per heavy atom. The Hall–Kier alpha value is -0.980. The SMILES string of the molecule is C=CCN1[CH]C=CC=C1. The molecule has 0 aliphatic carbocycles. The molecule has 0 spiro atoms. The Balaban J connectivity index is 2.36. The van der Waals surface area contributed by atoms with Crippen molar-refractivity contribution in [3.8, 4) is 0 Å². The van der Waals surface area contributed by atoms with Crippen LogP contribution in [0, 0.1) is 6.54 Å². The molecule has 1 aliphatic rings. The molecular weight excluding hydrogens is 110 g/mol. The molecule has 0 aromatic heterocycles. The molecule has 0 saturated heterocycles. The highest BCUT2D eigenvalue weighted by Gasteiger charge is 1.94. The first-order valence-electron chi connectivity index (χ1n) is 2.98. The lowest BCUT2D eigenvalue weighted by molar-refractivity contribution is 0.521. The minimum Gasteiger partial charge on any atom is -0.365 e. The predicted octanol–water partition coefficient (Wildman–Crippen LogP) is 1.72. The Kier molecular flexibility index (Phi) is 2.13. The smallest absolute Gasteiger partial charge is 0.0714 e. The number of nitrogens with zero attached hydrogens (tertiary/aromatic N) is 1. The molecule has 1 aliphatic heterocycles. The van der Waals surface area contributed by atoms with Crippen molar-refractivity contribution >= 4 is 0 Å². The standard InChI is InChI=1S/C8H10N/c1-2-6-9-7-4-3-5-8-9/h2-5,7-8H,1,6H2. The van der Waals surface area contributed by atoms with Gasteiger partial charge in [0.05, 0.1) is 6.54 Å². The van der Waals surface area contributed by atoms with Gasteiger partial charge in [0.25, 0.3) is 0 Å². The van der Waals surface area contributed by atoms with Gasteiger partial charge < -0.3 is 4.90 Å². The minimum absolute atomic E-state index is 0.890. The molecule has 0 aromatic carbocycles. The third-order valence-electron chi connectivity index (χ3n) is 1.12. The summed E-state index contributed by atoms with van der Waals surface area (Å²) in [4.78, 5) is 2.06. The minimum atomic E-state index is 0.890. The number of hydrogen-bond donors (Lipinski definition) is 0. The van der Waals surface area contributed by atoms with Gasteiger partial charge in [0, 0.05) is 12.7 Å². The highest BCUT2D eigenvalue weighted by molar-refractivity contribution is 5.14. The van der Waals surface area contributed by atoms with Crippen molar-refractivity contribution in [2.75, 3.05) is 6.54 Å². The maximum atomic E-state index is 3.64. The van der Waals surface area contributed by atoms with Crippen molar-refractivity contribution in [2.45, 2.75) is 0 Å². The van der Waals surface area contributed by atoms with Gasteiger partial charge in [-0.05, 0) is 6.08 Å². The van der Waals surface area contributed by atoms with E-state index in [2.05, 4.69) is 11.5 Å². The summed E-state index contributed by atoms with van der Waals surface area (Å²) >= 11 is 0. The molecule has 1 heterocycles. The predicted molar refractivity (Wildman–Crippen MR) is 39.5 cm³/mol. The van der Waals surface area contributed by atoms with Crippen molar-refractivity contribution in [1.29, 1.82) is 0 Å². The lowest BCUT2D eigenvalue weighted by Crippen LogP contribution is -2.13. The van der Waals surface area contributed by atoms with Gasteiger partial charge in [-0.1, -0.05) is 18.2 Å². The first-order chi connectivity index (χ1) is 4.43. The molecule has 0 N–H and O–H groups in total. The second-order valence-corrected chi connectivity index (χ2v) is 1.86. The monoisotopic (exact) mass is 120 g/mol. The van der Waals surface area contributed by atoms with E-state index in [0.29, 0.717) is 0 Å². The van der Waals surface area contributed by atoms with Crippen LogP contribution in [0.15, 0.2) is 37.1 Å². The molecule has 0 amide bonds. The Morgan fingerprint density at radius 1 is 1.33 bits per heavy atom. The Bertz CT molecular complexity index is 143. The lowest BCUT2D eigenvalue weighted by atomic mass is 10.3. The van der Waals surface area contributed by atoms with Gasteiger partial charge in [-0.2, -0.15) is 0 Å². The van der Waals surface area contributed by atoms with E-state index in [4.69, 9.17) is 0 Å². The van der Waals surface area contributed by atoms with E-state index in [1.54, 1.807) is 0 Å². The summed E-state index contributed by atoms with van der Waals surface area (Å²) in [6.07, 6.45) is 9.90. The van der Waals surface area contributed by atoms with E-state index in [1.807, 2.05) is 37.0 Å². The Labute approximate surface area is 56.0 Å². The third-order valence-corrected chi connectivity index (χ3v) is 1.12. The van der Waals surface area contributed by atoms with Crippen LogP contribution in [0.3, 0.4) is 0 Å². The second kappa shape index (κ2) is 3.13. The first kappa shape index (κ1) is 6.14. The van der Waals surface area contributed by atoms with Gasteiger partial charge in [0.1, 0.15) is 0 Å². The van der Waals surface area contributed by atoms with Crippen LogP contribution in [0.4, 0.5) is 0 Å². The van der Waals surface area contributed by atoms with E-state index < -0.39 is 0 Å². The van der Waals surface area contributed by atoms with Gasteiger partial charge in [-0.3, -0.25) is 0 Å². The fraction of sp³-hybridized carbons (Fsp3) is 0.125. The average molecular weight is 120 g/mol. The number of hydrogen-bond acceptors (Lipinski definition) is 1. The molecule has 1 nitrogen and oxygen atoms in total. The van der Waals surface area contributed by atoms with E-state index in [-0.39, 0.29) is 0 Å². The molecule has 0 bridgehead atoms. The molecule has 0 atom stereocenters. The summed E-state index contributed by atoms with van der Waals surface area (Å²) in [6, 6.07) is 0. The molecule has 0 unspecified atom stereocenters. The highest BCUT2D eigenvalue weighted by atomic mass is 15.1. The van der Waals surface area contributed by atoms with Crippen molar-refractivity contribution in [3.63, 3.8) is 0 Å². The van der Waals surface area contributed by atoms with E-state index >= 15 is 0 Å². The summed E-state index contributed by atoms with van der Waals surface area (Å²) in [6.45, 7) is 6.54. The van der Waals surface area contributed by atoms with Gasteiger partial charge in [0.15, 0.2) is 0 Å². The largest absolute Gasteiger partial charge is 0.365 e. The zero-order chi connectivity index (χ0) is 6.53. The van der Waals surface area contributed by atoms with Crippen molar-refractivity contribution in [1.82, 2.24) is 4.90 Å². The lowest BCUT2D eigenvalue weighted by Gasteiger charge is -2.16.